The van der Waals surface area contributed by atoms with Crippen molar-refractivity contribution in [3.05, 3.63) is 30.2 Å². The van der Waals surface area contributed by atoms with E-state index in [1.807, 2.05) is 12.4 Å². The number of imidazole rings is 1. The lowest BCUT2D eigenvalue weighted by Gasteiger charge is -2.36. The average Bonchev–Trinajstić information content (AvgIpc) is 3.55. The Labute approximate surface area is 196 Å². The molecule has 1 amide bonds. The van der Waals surface area contributed by atoms with Crippen molar-refractivity contribution < 1.29 is 9.53 Å². The molecule has 178 valence electrons. The van der Waals surface area contributed by atoms with E-state index in [9.17, 15) is 4.79 Å². The lowest BCUT2D eigenvalue weighted by Crippen LogP contribution is -2.46. The highest BCUT2D eigenvalue weighted by atomic mass is 16.5. The Morgan fingerprint density at radius 2 is 1.94 bits per heavy atom. The molecule has 0 saturated carbocycles. The molecular formula is C26H37N5O2. The van der Waals surface area contributed by atoms with Crippen LogP contribution in [0.3, 0.4) is 0 Å². The predicted molar refractivity (Wildman–Crippen MR) is 129 cm³/mol. The van der Waals surface area contributed by atoms with Crippen LogP contribution in [0.25, 0.3) is 5.65 Å². The maximum atomic E-state index is 13.0. The molecule has 0 aromatic carbocycles. The van der Waals surface area contributed by atoms with E-state index < -0.39 is 0 Å². The van der Waals surface area contributed by atoms with E-state index in [4.69, 9.17) is 4.74 Å². The molecular weight excluding hydrogens is 414 g/mol. The number of pyridine rings is 1. The second kappa shape index (κ2) is 8.91. The van der Waals surface area contributed by atoms with Crippen LogP contribution < -0.4 is 4.90 Å². The number of aryl methyl sites for hydroxylation is 1. The molecule has 0 N–H and O–H groups in total. The Morgan fingerprint density at radius 3 is 2.73 bits per heavy atom. The number of hydrogen-bond donors (Lipinski definition) is 0. The van der Waals surface area contributed by atoms with Crippen molar-refractivity contribution in [2.75, 3.05) is 50.7 Å². The summed E-state index contributed by atoms with van der Waals surface area (Å²) in [6.07, 6.45) is 13.2. The minimum absolute atomic E-state index is 0.139. The number of likely N-dealkylation sites (tertiary alicyclic amines) is 1. The second-order valence-electron chi connectivity index (χ2n) is 10.6. The number of fused-ring (bicyclic) bond motifs is 3. The fourth-order valence-electron chi connectivity index (χ4n) is 6.67. The highest BCUT2D eigenvalue weighted by Crippen LogP contribution is 2.40. The van der Waals surface area contributed by atoms with Gasteiger partial charge in [0.15, 0.2) is 5.65 Å². The van der Waals surface area contributed by atoms with Gasteiger partial charge in [-0.15, -0.1) is 0 Å². The van der Waals surface area contributed by atoms with Crippen molar-refractivity contribution in [3.63, 3.8) is 0 Å². The summed E-state index contributed by atoms with van der Waals surface area (Å²) in [4.78, 5) is 25.0. The molecule has 0 unspecified atom stereocenters. The maximum absolute atomic E-state index is 13.0. The molecule has 4 aliphatic heterocycles. The molecule has 7 nitrogen and oxygen atoms in total. The van der Waals surface area contributed by atoms with Gasteiger partial charge in [0, 0.05) is 57.9 Å². The van der Waals surface area contributed by atoms with Gasteiger partial charge in [-0.05, 0) is 69.5 Å². The van der Waals surface area contributed by atoms with Crippen LogP contribution in [-0.4, -0.2) is 83.1 Å². The van der Waals surface area contributed by atoms with Gasteiger partial charge in [0.2, 0.25) is 5.91 Å². The summed E-state index contributed by atoms with van der Waals surface area (Å²) in [5.74, 6) is 1.21. The van der Waals surface area contributed by atoms with E-state index in [1.165, 1.54) is 24.2 Å². The number of ether oxygens (including phenoxy) is 1. The first kappa shape index (κ1) is 21.4. The largest absolute Gasteiger partial charge is 0.374 e. The van der Waals surface area contributed by atoms with E-state index in [1.54, 1.807) is 0 Å². The third-order valence-corrected chi connectivity index (χ3v) is 8.51. The van der Waals surface area contributed by atoms with Gasteiger partial charge in [-0.3, -0.25) is 4.79 Å². The van der Waals surface area contributed by atoms with Gasteiger partial charge in [-0.25, -0.2) is 4.98 Å². The Balaban J connectivity index is 1.02. The van der Waals surface area contributed by atoms with Crippen molar-refractivity contribution in [2.45, 2.75) is 57.7 Å². The van der Waals surface area contributed by atoms with Crippen LogP contribution in [0.15, 0.2) is 24.7 Å². The van der Waals surface area contributed by atoms with E-state index in [-0.39, 0.29) is 12.0 Å². The zero-order valence-electron chi connectivity index (χ0n) is 19.9. The van der Waals surface area contributed by atoms with Crippen LogP contribution in [-0.2, 0) is 9.53 Å². The lowest BCUT2D eigenvalue weighted by molar-refractivity contribution is -0.138. The maximum Gasteiger partial charge on any atom is 0.228 e. The van der Waals surface area contributed by atoms with Crippen molar-refractivity contribution in [3.8, 4) is 0 Å². The average molecular weight is 452 g/mol. The molecule has 4 fully saturated rings. The minimum atomic E-state index is 0.139. The Morgan fingerprint density at radius 1 is 1.06 bits per heavy atom. The monoisotopic (exact) mass is 451 g/mol. The van der Waals surface area contributed by atoms with Gasteiger partial charge >= 0.3 is 0 Å². The molecule has 4 saturated heterocycles. The minimum Gasteiger partial charge on any atom is -0.374 e. The van der Waals surface area contributed by atoms with Gasteiger partial charge in [0.25, 0.3) is 0 Å². The van der Waals surface area contributed by atoms with Crippen molar-refractivity contribution in [1.82, 2.24) is 19.2 Å². The smallest absolute Gasteiger partial charge is 0.228 e. The Kier molecular flexibility index (Phi) is 5.78. The zero-order valence-corrected chi connectivity index (χ0v) is 19.9. The molecule has 0 aliphatic carbocycles. The van der Waals surface area contributed by atoms with Crippen LogP contribution in [0.1, 0.15) is 44.1 Å². The third-order valence-electron chi connectivity index (χ3n) is 8.51. The molecule has 2 bridgehead atoms. The number of amides is 1. The van der Waals surface area contributed by atoms with Crippen molar-refractivity contribution >= 4 is 17.2 Å². The normalized spacial score (nSPS) is 29.2. The molecule has 7 heteroatoms. The summed E-state index contributed by atoms with van der Waals surface area (Å²) in [6.45, 7) is 9.62. The molecule has 33 heavy (non-hydrogen) atoms. The molecule has 6 rings (SSSR count). The van der Waals surface area contributed by atoms with Crippen molar-refractivity contribution in [2.24, 2.45) is 11.8 Å². The number of hydrogen-bond acceptors (Lipinski definition) is 5. The quantitative estimate of drug-likeness (QED) is 0.716. The summed E-state index contributed by atoms with van der Waals surface area (Å²) in [6, 6.07) is 2.20. The van der Waals surface area contributed by atoms with Crippen molar-refractivity contribution in [1.29, 1.82) is 0 Å². The van der Waals surface area contributed by atoms with Gasteiger partial charge in [0.05, 0.1) is 23.8 Å². The van der Waals surface area contributed by atoms with Crippen LogP contribution in [0.2, 0.25) is 0 Å². The number of nitrogens with zero attached hydrogens (tertiary/aromatic N) is 5. The van der Waals surface area contributed by atoms with Crippen LogP contribution in [0.5, 0.6) is 0 Å². The first-order chi connectivity index (χ1) is 16.2. The summed E-state index contributed by atoms with van der Waals surface area (Å²) < 4.78 is 8.06. The van der Waals surface area contributed by atoms with E-state index in [2.05, 4.69) is 43.3 Å². The number of carbonyl (C=O) groups excluding carboxylic acids is 1. The number of aromatic nitrogens is 2. The number of piperidine rings is 1. The fraction of sp³-hybridized carbons (Fsp3) is 0.692. The summed E-state index contributed by atoms with van der Waals surface area (Å²) in [5.41, 5.74) is 3.67. The van der Waals surface area contributed by atoms with Gasteiger partial charge in [0.1, 0.15) is 0 Å². The lowest BCUT2D eigenvalue weighted by atomic mass is 9.87. The molecule has 0 radical (unpaired) electrons. The van der Waals surface area contributed by atoms with E-state index in [0.29, 0.717) is 17.9 Å². The second-order valence-corrected chi connectivity index (χ2v) is 10.6. The molecule has 3 atom stereocenters. The van der Waals surface area contributed by atoms with E-state index in [0.717, 1.165) is 77.0 Å². The predicted octanol–water partition coefficient (Wildman–Crippen LogP) is 2.96. The zero-order chi connectivity index (χ0) is 22.4. The highest BCUT2D eigenvalue weighted by Gasteiger charge is 2.46. The fourth-order valence-corrected chi connectivity index (χ4v) is 6.67. The van der Waals surface area contributed by atoms with Gasteiger partial charge < -0.3 is 23.8 Å². The SMILES string of the molecule is Cc1ccn2ccnc2c1N1CCCN(CC2CCN(C(=O)[C@H]3C[C@@H]4CC[C@H]3O4)CC2)CC1. The first-order valence-corrected chi connectivity index (χ1v) is 13.0. The molecule has 6 heterocycles. The number of anilines is 1. The standard InChI is InChI=1S/C26H37N5O2/c1-19-5-11-30-14-8-27-25(30)24(19)29-10-2-9-28(15-16-29)18-20-6-12-31(13-7-20)26(32)22-17-21-3-4-23(22)33-21/h5,8,11,14,20-23H,2-4,6-7,9-10,12-13,15-18H2,1H3/t21-,22-,23+/m0/s1. The Hall–Kier alpha value is -2.12. The summed E-state index contributed by atoms with van der Waals surface area (Å²) in [7, 11) is 0. The molecule has 2 aromatic rings. The highest BCUT2D eigenvalue weighted by molar-refractivity contribution is 5.80. The molecule has 2 aromatic heterocycles. The summed E-state index contributed by atoms with van der Waals surface area (Å²) >= 11 is 0. The number of carbonyl (C=O) groups is 1. The first-order valence-electron chi connectivity index (χ1n) is 13.0. The summed E-state index contributed by atoms with van der Waals surface area (Å²) in [5, 5.41) is 0. The van der Waals surface area contributed by atoms with Gasteiger partial charge in [-0.1, -0.05) is 0 Å². The van der Waals surface area contributed by atoms with Crippen LogP contribution >= 0.6 is 0 Å². The molecule has 0 spiro atoms. The Bertz CT molecular complexity index is 998. The molecule has 4 aliphatic rings. The van der Waals surface area contributed by atoms with Crippen LogP contribution in [0, 0.1) is 18.8 Å². The third kappa shape index (κ3) is 4.14. The van der Waals surface area contributed by atoms with Gasteiger partial charge in [-0.2, -0.15) is 0 Å². The van der Waals surface area contributed by atoms with E-state index >= 15 is 0 Å². The number of rotatable bonds is 4. The van der Waals surface area contributed by atoms with Crippen LogP contribution in [0.4, 0.5) is 5.69 Å². The topological polar surface area (TPSA) is 53.3 Å².